The molecule has 158 valence electrons. The third kappa shape index (κ3) is 4.95. The van der Waals surface area contributed by atoms with Crippen LogP contribution in [0, 0.1) is 0 Å². The van der Waals surface area contributed by atoms with Crippen LogP contribution in [0.4, 0.5) is 10.5 Å². The van der Waals surface area contributed by atoms with Crippen LogP contribution in [0.5, 0.6) is 0 Å². The zero-order valence-electron chi connectivity index (χ0n) is 16.7. The molecule has 3 N–H and O–H groups in total. The molecule has 0 spiro atoms. The second-order valence-electron chi connectivity index (χ2n) is 7.23. The summed E-state index contributed by atoms with van der Waals surface area (Å²) in [5.74, 6) is 0.0755. The minimum atomic E-state index is -0.686. The average molecular weight is 418 g/mol. The molecule has 1 unspecified atom stereocenters. The molecule has 1 aliphatic rings. The quantitative estimate of drug-likeness (QED) is 0.485. The highest BCUT2D eigenvalue weighted by atomic mass is 16.2. The Balaban J connectivity index is 1.28. The van der Waals surface area contributed by atoms with Crippen molar-refractivity contribution in [3.05, 3.63) is 66.5 Å². The fourth-order valence-electron chi connectivity index (χ4n) is 3.46. The first-order valence-electron chi connectivity index (χ1n) is 10.0. The molecule has 1 fully saturated rings. The highest BCUT2D eigenvalue weighted by Gasteiger charge is 2.37. The van der Waals surface area contributed by atoms with Crippen LogP contribution in [0.25, 0.3) is 11.4 Å². The summed E-state index contributed by atoms with van der Waals surface area (Å²) in [5.41, 5.74) is 2.46. The van der Waals surface area contributed by atoms with E-state index < -0.39 is 12.1 Å². The summed E-state index contributed by atoms with van der Waals surface area (Å²) in [5, 5.41) is 12.1. The van der Waals surface area contributed by atoms with E-state index in [9.17, 15) is 14.4 Å². The Morgan fingerprint density at radius 1 is 1.10 bits per heavy atom. The van der Waals surface area contributed by atoms with Gasteiger partial charge in [-0.1, -0.05) is 42.5 Å². The van der Waals surface area contributed by atoms with Crippen molar-refractivity contribution in [2.75, 3.05) is 11.9 Å². The Kier molecular flexibility index (Phi) is 6.02. The Labute approximate surface area is 178 Å². The van der Waals surface area contributed by atoms with Gasteiger partial charge in [0.2, 0.25) is 5.91 Å². The van der Waals surface area contributed by atoms with Gasteiger partial charge in [0.05, 0.1) is 0 Å². The lowest BCUT2D eigenvalue weighted by Crippen LogP contribution is -2.33. The van der Waals surface area contributed by atoms with Crippen molar-refractivity contribution in [1.82, 2.24) is 25.4 Å². The van der Waals surface area contributed by atoms with Crippen LogP contribution in [0.3, 0.4) is 0 Å². The topological polar surface area (TPSA) is 120 Å². The number of carbonyl (C=O) groups is 3. The van der Waals surface area contributed by atoms with Gasteiger partial charge in [-0.3, -0.25) is 19.6 Å². The summed E-state index contributed by atoms with van der Waals surface area (Å²) in [4.78, 5) is 42.4. The Morgan fingerprint density at radius 3 is 2.71 bits per heavy atom. The number of H-pyrrole nitrogens is 1. The first kappa shape index (κ1) is 20.3. The number of rotatable bonds is 8. The smallest absolute Gasteiger partial charge is 0.324 e. The van der Waals surface area contributed by atoms with E-state index in [1.165, 1.54) is 11.2 Å². The van der Waals surface area contributed by atoms with Crippen molar-refractivity contribution in [1.29, 1.82) is 0 Å². The van der Waals surface area contributed by atoms with Crippen LogP contribution < -0.4 is 10.6 Å². The van der Waals surface area contributed by atoms with Crippen molar-refractivity contribution in [2.45, 2.75) is 25.3 Å². The first-order valence-corrected chi connectivity index (χ1v) is 10.0. The molecular formula is C22H22N6O3. The molecule has 3 aromatic rings. The summed E-state index contributed by atoms with van der Waals surface area (Å²) >= 11 is 0. The van der Waals surface area contributed by atoms with E-state index in [2.05, 4.69) is 25.8 Å². The van der Waals surface area contributed by atoms with E-state index in [1.807, 2.05) is 36.4 Å². The van der Waals surface area contributed by atoms with Crippen LogP contribution in [-0.4, -0.2) is 50.5 Å². The number of amides is 4. The van der Waals surface area contributed by atoms with E-state index in [1.54, 1.807) is 18.2 Å². The van der Waals surface area contributed by atoms with Gasteiger partial charge in [0.25, 0.3) is 5.91 Å². The molecule has 1 aliphatic heterocycles. The molecule has 4 rings (SSSR count). The van der Waals surface area contributed by atoms with Crippen LogP contribution in [0.1, 0.15) is 18.4 Å². The van der Waals surface area contributed by atoms with Gasteiger partial charge in [-0.05, 0) is 30.5 Å². The van der Waals surface area contributed by atoms with Gasteiger partial charge >= 0.3 is 6.03 Å². The van der Waals surface area contributed by atoms with Crippen molar-refractivity contribution >= 4 is 23.5 Å². The fourth-order valence-corrected chi connectivity index (χ4v) is 3.46. The summed E-state index contributed by atoms with van der Waals surface area (Å²) in [6, 6.07) is 15.8. The number of imide groups is 1. The highest BCUT2D eigenvalue weighted by molar-refractivity contribution is 6.04. The lowest BCUT2D eigenvalue weighted by Gasteiger charge is -2.13. The molecule has 0 bridgehead atoms. The zero-order valence-corrected chi connectivity index (χ0v) is 16.7. The van der Waals surface area contributed by atoms with Crippen molar-refractivity contribution in [3.8, 4) is 11.4 Å². The van der Waals surface area contributed by atoms with E-state index in [0.29, 0.717) is 24.5 Å². The van der Waals surface area contributed by atoms with Gasteiger partial charge < -0.3 is 10.6 Å². The number of carbonyl (C=O) groups excluding carboxylic acids is 3. The Bertz CT molecular complexity index is 1070. The Morgan fingerprint density at radius 2 is 1.94 bits per heavy atom. The maximum absolute atomic E-state index is 12.6. The highest BCUT2D eigenvalue weighted by Crippen LogP contribution is 2.19. The number of nitrogens with one attached hydrogen (secondary N) is 3. The third-order valence-electron chi connectivity index (χ3n) is 5.07. The molecule has 0 aliphatic carbocycles. The molecule has 1 saturated heterocycles. The van der Waals surface area contributed by atoms with Gasteiger partial charge in [-0.25, -0.2) is 9.78 Å². The molecule has 9 heteroatoms. The van der Waals surface area contributed by atoms with Gasteiger partial charge in [0.1, 0.15) is 12.4 Å². The standard InChI is InChI=1S/C22H22N6O3/c29-19(25-17-8-4-7-16(13-17)20-23-14-24-27-20)10-9-18-21(30)28(22(31)26-18)12-11-15-5-2-1-3-6-15/h1-8,13-14,18H,9-12H2,(H,25,29)(H,26,31)(H,23,24,27). The lowest BCUT2D eigenvalue weighted by atomic mass is 10.1. The molecule has 0 saturated carbocycles. The predicted molar refractivity (Wildman–Crippen MR) is 114 cm³/mol. The number of urea groups is 1. The Hall–Kier alpha value is -4.01. The number of aromatic nitrogens is 3. The number of aromatic amines is 1. The fraction of sp³-hybridized carbons (Fsp3) is 0.227. The van der Waals surface area contributed by atoms with Crippen LogP contribution >= 0.6 is 0 Å². The molecule has 1 aromatic heterocycles. The minimum Gasteiger partial charge on any atom is -0.326 e. The number of anilines is 1. The first-order chi connectivity index (χ1) is 15.1. The van der Waals surface area contributed by atoms with Crippen molar-refractivity contribution < 1.29 is 14.4 Å². The summed E-state index contributed by atoms with van der Waals surface area (Å²) in [6.07, 6.45) is 2.35. The van der Waals surface area contributed by atoms with Crippen LogP contribution in [0.15, 0.2) is 60.9 Å². The number of nitrogens with zero attached hydrogens (tertiary/aromatic N) is 3. The normalized spacial score (nSPS) is 15.7. The number of hydrogen-bond acceptors (Lipinski definition) is 5. The monoisotopic (exact) mass is 418 g/mol. The van der Waals surface area contributed by atoms with Gasteiger partial charge in [-0.15, -0.1) is 0 Å². The molecule has 0 radical (unpaired) electrons. The maximum Gasteiger partial charge on any atom is 0.324 e. The minimum absolute atomic E-state index is 0.107. The van der Waals surface area contributed by atoms with Gasteiger partial charge in [0.15, 0.2) is 5.82 Å². The zero-order chi connectivity index (χ0) is 21.6. The van der Waals surface area contributed by atoms with Crippen LogP contribution in [0.2, 0.25) is 0 Å². The summed E-state index contributed by atoms with van der Waals surface area (Å²) < 4.78 is 0. The predicted octanol–water partition coefficient (Wildman–Crippen LogP) is 2.35. The van der Waals surface area contributed by atoms with Crippen molar-refractivity contribution in [2.24, 2.45) is 0 Å². The average Bonchev–Trinajstić information content (AvgIpc) is 3.41. The van der Waals surface area contributed by atoms with E-state index >= 15 is 0 Å². The van der Waals surface area contributed by atoms with Crippen LogP contribution in [-0.2, 0) is 16.0 Å². The summed E-state index contributed by atoms with van der Waals surface area (Å²) in [7, 11) is 0. The SMILES string of the molecule is O=C(CCC1NC(=O)N(CCc2ccccc2)C1=O)Nc1cccc(-c2ncn[nH]2)c1. The maximum atomic E-state index is 12.6. The molecule has 2 aromatic carbocycles. The lowest BCUT2D eigenvalue weighted by molar-refractivity contribution is -0.127. The van der Waals surface area contributed by atoms with E-state index in [0.717, 1.165) is 11.1 Å². The van der Waals surface area contributed by atoms with Crippen molar-refractivity contribution in [3.63, 3.8) is 0 Å². The van der Waals surface area contributed by atoms with Gasteiger partial charge in [0, 0.05) is 24.2 Å². The molecule has 2 heterocycles. The molecule has 1 atom stereocenters. The van der Waals surface area contributed by atoms with E-state index in [4.69, 9.17) is 0 Å². The molecular weight excluding hydrogens is 396 g/mol. The second kappa shape index (κ2) is 9.21. The number of hydrogen-bond donors (Lipinski definition) is 3. The summed E-state index contributed by atoms with van der Waals surface area (Å²) in [6.45, 7) is 0.311. The molecule has 31 heavy (non-hydrogen) atoms. The second-order valence-corrected chi connectivity index (χ2v) is 7.23. The third-order valence-corrected chi connectivity index (χ3v) is 5.07. The molecule has 4 amide bonds. The van der Waals surface area contributed by atoms with Gasteiger partial charge in [-0.2, -0.15) is 5.10 Å². The largest absolute Gasteiger partial charge is 0.326 e. The van der Waals surface area contributed by atoms with E-state index in [-0.39, 0.29) is 24.7 Å². The molecule has 9 nitrogen and oxygen atoms in total. The number of benzene rings is 2.